The maximum atomic E-state index is 11.1. The van der Waals surface area contributed by atoms with Crippen molar-refractivity contribution in [3.8, 4) is 0 Å². The van der Waals surface area contributed by atoms with Gasteiger partial charge in [0.2, 0.25) is 0 Å². The molecule has 0 N–H and O–H groups in total. The fourth-order valence-corrected chi connectivity index (χ4v) is 2.64. The first-order chi connectivity index (χ1) is 6.84. The third kappa shape index (κ3) is 2.81. The van der Waals surface area contributed by atoms with Crippen molar-refractivity contribution in [2.45, 2.75) is 44.9 Å². The molecule has 0 aromatic rings. The van der Waals surface area contributed by atoms with E-state index in [-0.39, 0.29) is 0 Å². The van der Waals surface area contributed by atoms with Gasteiger partial charge in [-0.15, -0.1) is 0 Å². The molecule has 1 heterocycles. The van der Waals surface area contributed by atoms with Crippen LogP contribution in [-0.2, 0) is 9.53 Å². The summed E-state index contributed by atoms with van der Waals surface area (Å²) in [4.78, 5) is 11.1. The number of Topliss-reactive ketones (excluding diaryl/α,β-unsaturated/α-hetero) is 1. The van der Waals surface area contributed by atoms with Gasteiger partial charge in [0, 0.05) is 26.1 Å². The van der Waals surface area contributed by atoms with Crippen LogP contribution in [-0.4, -0.2) is 19.0 Å². The van der Waals surface area contributed by atoms with Crippen LogP contribution in [0, 0.1) is 11.8 Å². The monoisotopic (exact) mass is 196 g/mol. The lowest BCUT2D eigenvalue weighted by atomic mass is 9.90. The van der Waals surface area contributed by atoms with E-state index in [4.69, 9.17) is 4.74 Å². The highest BCUT2D eigenvalue weighted by Crippen LogP contribution is 2.30. The molecule has 1 atom stereocenters. The molecule has 0 aromatic carbocycles. The quantitative estimate of drug-likeness (QED) is 0.693. The molecule has 0 radical (unpaired) electrons. The largest absolute Gasteiger partial charge is 0.381 e. The van der Waals surface area contributed by atoms with Crippen LogP contribution < -0.4 is 0 Å². The van der Waals surface area contributed by atoms with E-state index >= 15 is 0 Å². The van der Waals surface area contributed by atoms with E-state index < -0.39 is 0 Å². The molecule has 2 fully saturated rings. The van der Waals surface area contributed by atoms with Gasteiger partial charge in [0.15, 0.2) is 0 Å². The lowest BCUT2D eigenvalue weighted by Crippen LogP contribution is -2.16. The molecule has 1 aliphatic heterocycles. The Kier molecular flexibility index (Phi) is 3.57. The van der Waals surface area contributed by atoms with Crippen LogP contribution in [0.1, 0.15) is 44.9 Å². The second-order valence-electron chi connectivity index (χ2n) is 4.78. The first-order valence-corrected chi connectivity index (χ1v) is 5.94. The van der Waals surface area contributed by atoms with Gasteiger partial charge >= 0.3 is 0 Å². The number of carbonyl (C=O) groups excluding carboxylic acids is 1. The van der Waals surface area contributed by atoms with Crippen molar-refractivity contribution < 1.29 is 9.53 Å². The molecule has 0 amide bonds. The van der Waals surface area contributed by atoms with Crippen LogP contribution >= 0.6 is 0 Å². The number of ether oxygens (including phenoxy) is 1. The van der Waals surface area contributed by atoms with E-state index in [1.807, 2.05) is 0 Å². The number of ketones is 1. The molecule has 0 spiro atoms. The maximum absolute atomic E-state index is 11.1. The highest BCUT2D eigenvalue weighted by atomic mass is 16.5. The summed E-state index contributed by atoms with van der Waals surface area (Å²) in [6.45, 7) is 1.91. The zero-order valence-electron chi connectivity index (χ0n) is 8.84. The van der Waals surface area contributed by atoms with Gasteiger partial charge in [-0.1, -0.05) is 6.42 Å². The fourth-order valence-electron chi connectivity index (χ4n) is 2.64. The van der Waals surface area contributed by atoms with E-state index in [9.17, 15) is 4.79 Å². The summed E-state index contributed by atoms with van der Waals surface area (Å²) in [5.74, 6) is 2.08. The predicted octanol–water partition coefficient (Wildman–Crippen LogP) is 2.56. The second kappa shape index (κ2) is 4.92. The van der Waals surface area contributed by atoms with Crippen LogP contribution in [0.2, 0.25) is 0 Å². The average Bonchev–Trinajstić information content (AvgIpc) is 2.63. The number of hydrogen-bond acceptors (Lipinski definition) is 2. The Bertz CT molecular complexity index is 194. The van der Waals surface area contributed by atoms with E-state index in [1.54, 1.807) is 0 Å². The first-order valence-electron chi connectivity index (χ1n) is 5.94. The lowest BCUT2D eigenvalue weighted by molar-refractivity contribution is -0.117. The van der Waals surface area contributed by atoms with E-state index in [0.29, 0.717) is 11.7 Å². The van der Waals surface area contributed by atoms with Crippen molar-refractivity contribution in [2.75, 3.05) is 13.2 Å². The lowest BCUT2D eigenvalue weighted by Gasteiger charge is -2.22. The standard InChI is InChI=1S/C12H20O2/c13-12-4-3-11(9-12)2-1-10-5-7-14-8-6-10/h10-11H,1-9H2. The molecule has 0 bridgehead atoms. The molecule has 14 heavy (non-hydrogen) atoms. The van der Waals surface area contributed by atoms with Crippen molar-refractivity contribution in [3.05, 3.63) is 0 Å². The average molecular weight is 196 g/mol. The van der Waals surface area contributed by atoms with Crippen molar-refractivity contribution in [3.63, 3.8) is 0 Å². The van der Waals surface area contributed by atoms with Crippen LogP contribution in [0.25, 0.3) is 0 Å². The van der Waals surface area contributed by atoms with Crippen molar-refractivity contribution >= 4 is 5.78 Å². The Morgan fingerprint density at radius 3 is 2.43 bits per heavy atom. The van der Waals surface area contributed by atoms with Gasteiger partial charge in [0.05, 0.1) is 0 Å². The van der Waals surface area contributed by atoms with Gasteiger partial charge in [0.25, 0.3) is 0 Å². The van der Waals surface area contributed by atoms with E-state index in [2.05, 4.69) is 0 Å². The highest BCUT2D eigenvalue weighted by Gasteiger charge is 2.23. The summed E-state index contributed by atoms with van der Waals surface area (Å²) < 4.78 is 5.33. The normalized spacial score (nSPS) is 29.7. The number of rotatable bonds is 3. The minimum absolute atomic E-state index is 0.488. The molecule has 2 nitrogen and oxygen atoms in total. The minimum Gasteiger partial charge on any atom is -0.381 e. The maximum Gasteiger partial charge on any atom is 0.133 e. The fraction of sp³-hybridized carbons (Fsp3) is 0.917. The zero-order chi connectivity index (χ0) is 9.80. The third-order valence-corrected chi connectivity index (χ3v) is 3.67. The van der Waals surface area contributed by atoms with Gasteiger partial charge in [-0.05, 0) is 37.5 Å². The molecule has 1 aliphatic carbocycles. The summed E-state index contributed by atoms with van der Waals surface area (Å²) in [7, 11) is 0. The van der Waals surface area contributed by atoms with Gasteiger partial charge in [-0.3, -0.25) is 4.79 Å². The van der Waals surface area contributed by atoms with Gasteiger partial charge in [-0.25, -0.2) is 0 Å². The molecular weight excluding hydrogens is 176 g/mol. The van der Waals surface area contributed by atoms with Gasteiger partial charge in [-0.2, -0.15) is 0 Å². The Hall–Kier alpha value is -0.370. The molecule has 2 heteroatoms. The molecule has 2 aliphatic rings. The summed E-state index contributed by atoms with van der Waals surface area (Å²) in [5.41, 5.74) is 0. The topological polar surface area (TPSA) is 26.3 Å². The molecule has 2 rings (SSSR count). The predicted molar refractivity (Wildman–Crippen MR) is 55.1 cm³/mol. The zero-order valence-corrected chi connectivity index (χ0v) is 8.84. The van der Waals surface area contributed by atoms with Gasteiger partial charge in [0.1, 0.15) is 5.78 Å². The summed E-state index contributed by atoms with van der Waals surface area (Å²) in [6, 6.07) is 0. The van der Waals surface area contributed by atoms with E-state index in [0.717, 1.165) is 38.4 Å². The Morgan fingerprint density at radius 1 is 1.07 bits per heavy atom. The molecule has 80 valence electrons. The molecule has 1 unspecified atom stereocenters. The van der Waals surface area contributed by atoms with Crippen LogP contribution in [0.3, 0.4) is 0 Å². The first kappa shape index (κ1) is 10.2. The second-order valence-corrected chi connectivity index (χ2v) is 4.78. The van der Waals surface area contributed by atoms with Crippen LogP contribution in [0.15, 0.2) is 0 Å². The van der Waals surface area contributed by atoms with Crippen molar-refractivity contribution in [1.29, 1.82) is 0 Å². The Morgan fingerprint density at radius 2 is 1.79 bits per heavy atom. The molecular formula is C12H20O2. The molecule has 1 saturated carbocycles. The van der Waals surface area contributed by atoms with Gasteiger partial charge < -0.3 is 4.74 Å². The summed E-state index contributed by atoms with van der Waals surface area (Å²) >= 11 is 0. The summed E-state index contributed by atoms with van der Waals surface area (Å²) in [6.07, 6.45) is 7.93. The number of hydrogen-bond donors (Lipinski definition) is 0. The third-order valence-electron chi connectivity index (χ3n) is 3.67. The summed E-state index contributed by atoms with van der Waals surface area (Å²) in [5, 5.41) is 0. The Labute approximate surface area is 86.0 Å². The highest BCUT2D eigenvalue weighted by molar-refractivity contribution is 5.80. The van der Waals surface area contributed by atoms with Crippen LogP contribution in [0.5, 0.6) is 0 Å². The SMILES string of the molecule is O=C1CCC(CCC2CCOCC2)C1. The smallest absolute Gasteiger partial charge is 0.133 e. The van der Waals surface area contributed by atoms with Crippen LogP contribution in [0.4, 0.5) is 0 Å². The van der Waals surface area contributed by atoms with E-state index in [1.165, 1.54) is 25.7 Å². The van der Waals surface area contributed by atoms with Crippen molar-refractivity contribution in [1.82, 2.24) is 0 Å². The number of carbonyl (C=O) groups is 1. The molecule has 1 saturated heterocycles. The Balaban J connectivity index is 1.63. The molecule has 0 aromatic heterocycles. The van der Waals surface area contributed by atoms with Crippen molar-refractivity contribution in [2.24, 2.45) is 11.8 Å². The minimum atomic E-state index is 0.488.